The van der Waals surface area contributed by atoms with Crippen LogP contribution in [0.4, 0.5) is 22.7 Å². The number of piperazine rings is 1. The van der Waals surface area contributed by atoms with E-state index < -0.39 is 0 Å². The van der Waals surface area contributed by atoms with Crippen LogP contribution in [0.1, 0.15) is 16.7 Å². The normalized spacial score (nSPS) is 17.2. The maximum absolute atomic E-state index is 13.5. The first-order valence-corrected chi connectivity index (χ1v) is 11.7. The van der Waals surface area contributed by atoms with Gasteiger partial charge in [-0.1, -0.05) is 24.3 Å². The second kappa shape index (κ2) is 9.31. The van der Waals surface area contributed by atoms with E-state index in [4.69, 9.17) is 4.99 Å². The summed E-state index contributed by atoms with van der Waals surface area (Å²) in [5.41, 5.74) is 6.42. The van der Waals surface area contributed by atoms with Gasteiger partial charge in [0.05, 0.1) is 23.0 Å². The minimum atomic E-state index is -0.385. The van der Waals surface area contributed by atoms with Crippen LogP contribution in [0, 0.1) is 24.0 Å². The molecule has 0 unspecified atom stereocenters. The van der Waals surface area contributed by atoms with Crippen molar-refractivity contribution in [1.82, 2.24) is 4.90 Å². The lowest BCUT2D eigenvalue weighted by Crippen LogP contribution is -2.51. The molecule has 1 saturated heterocycles. The van der Waals surface area contributed by atoms with Crippen LogP contribution in [0.5, 0.6) is 0 Å². The average molecular weight is 470 g/mol. The molecule has 1 fully saturated rings. The van der Waals surface area contributed by atoms with Gasteiger partial charge in [0.1, 0.15) is 5.71 Å². The number of nitro benzene ring substituents is 1. The third-order valence-corrected chi connectivity index (χ3v) is 6.77. The van der Waals surface area contributed by atoms with Crippen LogP contribution < -0.4 is 9.80 Å². The zero-order valence-electron chi connectivity index (χ0n) is 19.8. The molecule has 5 rings (SSSR count). The second-order valence-electron chi connectivity index (χ2n) is 9.00. The predicted octanol–water partition coefficient (Wildman–Crippen LogP) is 4.46. The van der Waals surface area contributed by atoms with E-state index in [1.165, 1.54) is 17.7 Å². The highest BCUT2D eigenvalue weighted by atomic mass is 16.6. The van der Waals surface area contributed by atoms with Crippen LogP contribution in [-0.4, -0.2) is 54.3 Å². The van der Waals surface area contributed by atoms with Crippen molar-refractivity contribution in [3.8, 4) is 0 Å². The van der Waals surface area contributed by atoms with Gasteiger partial charge in [-0.05, 0) is 55.3 Å². The molecule has 178 valence electrons. The molecule has 2 aliphatic heterocycles. The summed E-state index contributed by atoms with van der Waals surface area (Å²) in [4.78, 5) is 35.0. The van der Waals surface area contributed by atoms with Crippen LogP contribution in [0.3, 0.4) is 0 Å². The van der Waals surface area contributed by atoms with Crippen molar-refractivity contribution in [2.24, 2.45) is 4.99 Å². The van der Waals surface area contributed by atoms with E-state index in [-0.39, 0.29) is 16.5 Å². The number of nitrogens with zero attached hydrogens (tertiary/aromatic N) is 5. The van der Waals surface area contributed by atoms with E-state index in [2.05, 4.69) is 16.7 Å². The summed E-state index contributed by atoms with van der Waals surface area (Å²) in [6.07, 6.45) is 0. The average Bonchev–Trinajstić information content (AvgIpc) is 3.13. The lowest BCUT2D eigenvalue weighted by molar-refractivity contribution is -0.384. The van der Waals surface area contributed by atoms with Gasteiger partial charge in [-0.3, -0.25) is 24.7 Å². The van der Waals surface area contributed by atoms with Gasteiger partial charge in [0.2, 0.25) is 0 Å². The van der Waals surface area contributed by atoms with Crippen LogP contribution in [0.2, 0.25) is 0 Å². The number of benzene rings is 3. The van der Waals surface area contributed by atoms with Gasteiger partial charge in [0.25, 0.3) is 11.6 Å². The van der Waals surface area contributed by atoms with E-state index in [0.29, 0.717) is 12.4 Å². The van der Waals surface area contributed by atoms with Crippen molar-refractivity contribution in [2.45, 2.75) is 13.8 Å². The lowest BCUT2D eigenvalue weighted by atomic mass is 10.1. The molecule has 3 aromatic carbocycles. The number of rotatable bonds is 5. The number of carbonyl (C=O) groups is 1. The molecular weight excluding hydrogens is 442 g/mol. The van der Waals surface area contributed by atoms with Crippen LogP contribution in [0.25, 0.3) is 0 Å². The number of fused-ring (bicyclic) bond motifs is 1. The summed E-state index contributed by atoms with van der Waals surface area (Å²) in [6, 6.07) is 20.5. The topological polar surface area (TPSA) is 82.3 Å². The minimum Gasteiger partial charge on any atom is -0.369 e. The van der Waals surface area contributed by atoms with Crippen molar-refractivity contribution < 1.29 is 9.72 Å². The van der Waals surface area contributed by atoms with Gasteiger partial charge in [0, 0.05) is 49.6 Å². The van der Waals surface area contributed by atoms with Gasteiger partial charge >= 0.3 is 0 Å². The van der Waals surface area contributed by atoms with Crippen molar-refractivity contribution in [3.63, 3.8) is 0 Å². The fourth-order valence-corrected chi connectivity index (χ4v) is 4.57. The number of hydrogen-bond donors (Lipinski definition) is 0. The number of anilines is 2. The SMILES string of the molecule is Cc1ccc(N=C2C(=O)N(CN3CCN(c4ccc([N+](=O)[O-])cc4)CC3)c3ccccc32)cc1C. The van der Waals surface area contributed by atoms with E-state index >= 15 is 0 Å². The zero-order chi connectivity index (χ0) is 24.5. The summed E-state index contributed by atoms with van der Waals surface area (Å²) in [6.45, 7) is 7.74. The van der Waals surface area contributed by atoms with E-state index in [9.17, 15) is 14.9 Å². The Hall–Kier alpha value is -4.04. The summed E-state index contributed by atoms with van der Waals surface area (Å²) in [5.74, 6) is -0.0813. The molecule has 1 amide bonds. The second-order valence-corrected chi connectivity index (χ2v) is 9.00. The van der Waals surface area contributed by atoms with Crippen LogP contribution in [-0.2, 0) is 4.79 Å². The van der Waals surface area contributed by atoms with Crippen LogP contribution in [0.15, 0.2) is 71.7 Å². The van der Waals surface area contributed by atoms with Gasteiger partial charge < -0.3 is 4.90 Å². The third-order valence-electron chi connectivity index (χ3n) is 6.77. The molecule has 2 aliphatic rings. The number of non-ortho nitro benzene ring substituents is 1. The molecule has 3 aromatic rings. The molecule has 0 atom stereocenters. The molecule has 8 nitrogen and oxygen atoms in total. The van der Waals surface area contributed by atoms with Crippen molar-refractivity contribution in [1.29, 1.82) is 0 Å². The third kappa shape index (κ3) is 4.52. The molecule has 8 heteroatoms. The Morgan fingerprint density at radius 2 is 1.63 bits per heavy atom. The van der Waals surface area contributed by atoms with Gasteiger partial charge in [-0.15, -0.1) is 0 Å². The molecule has 2 heterocycles. The van der Waals surface area contributed by atoms with Crippen LogP contribution >= 0.6 is 0 Å². The quantitative estimate of drug-likeness (QED) is 0.407. The number of para-hydroxylation sites is 1. The molecule has 0 saturated carbocycles. The minimum absolute atomic E-state index is 0.0813. The summed E-state index contributed by atoms with van der Waals surface area (Å²) < 4.78 is 0. The number of nitro groups is 1. The molecule has 0 aliphatic carbocycles. The highest BCUT2D eigenvalue weighted by Gasteiger charge is 2.35. The fourth-order valence-electron chi connectivity index (χ4n) is 4.57. The van der Waals surface area contributed by atoms with Gasteiger partial charge in [-0.25, -0.2) is 4.99 Å². The van der Waals surface area contributed by atoms with E-state index in [0.717, 1.165) is 54.4 Å². The largest absolute Gasteiger partial charge is 0.369 e. The summed E-state index contributed by atoms with van der Waals surface area (Å²) in [5, 5.41) is 10.9. The Morgan fingerprint density at radius 3 is 2.31 bits per heavy atom. The monoisotopic (exact) mass is 469 g/mol. The highest BCUT2D eigenvalue weighted by Crippen LogP contribution is 2.31. The Labute approximate surface area is 204 Å². The Morgan fingerprint density at radius 1 is 0.914 bits per heavy atom. The molecule has 35 heavy (non-hydrogen) atoms. The molecular formula is C27H27N5O3. The molecule has 0 spiro atoms. The van der Waals surface area contributed by atoms with Crippen molar-refractivity contribution >= 4 is 34.4 Å². The molecule has 0 radical (unpaired) electrons. The molecule has 0 bridgehead atoms. The van der Waals surface area contributed by atoms with Crippen molar-refractivity contribution in [2.75, 3.05) is 42.6 Å². The first kappa shape index (κ1) is 22.7. The zero-order valence-corrected chi connectivity index (χ0v) is 19.8. The summed E-state index contributed by atoms with van der Waals surface area (Å²) in [7, 11) is 0. The Balaban J connectivity index is 1.30. The molecule has 0 aromatic heterocycles. The highest BCUT2D eigenvalue weighted by molar-refractivity contribution is 6.54. The Bertz CT molecular complexity index is 1310. The summed E-state index contributed by atoms with van der Waals surface area (Å²) >= 11 is 0. The van der Waals surface area contributed by atoms with E-state index in [1.807, 2.05) is 54.3 Å². The number of amides is 1. The smallest absolute Gasteiger partial charge is 0.278 e. The predicted molar refractivity (Wildman–Crippen MR) is 138 cm³/mol. The van der Waals surface area contributed by atoms with E-state index in [1.54, 1.807) is 12.1 Å². The maximum Gasteiger partial charge on any atom is 0.278 e. The van der Waals surface area contributed by atoms with Gasteiger partial charge in [-0.2, -0.15) is 0 Å². The maximum atomic E-state index is 13.5. The van der Waals surface area contributed by atoms with Gasteiger partial charge in [0.15, 0.2) is 0 Å². The first-order chi connectivity index (χ1) is 16.9. The Kier molecular flexibility index (Phi) is 6.05. The number of aliphatic imine (C=N–C) groups is 1. The number of hydrogen-bond acceptors (Lipinski definition) is 6. The lowest BCUT2D eigenvalue weighted by Gasteiger charge is -2.37. The van der Waals surface area contributed by atoms with Crippen molar-refractivity contribution in [3.05, 3.63) is 93.5 Å². The fraction of sp³-hybridized carbons (Fsp3) is 0.259. The first-order valence-electron chi connectivity index (χ1n) is 11.7. The standard InChI is InChI=1S/C27H27N5O3/c1-19-7-8-21(17-20(19)2)28-26-24-5-3-4-6-25(24)31(27(26)33)18-29-13-15-30(16-14-29)22-9-11-23(12-10-22)32(34)35/h3-12,17H,13-16,18H2,1-2H3. The number of carbonyl (C=O) groups excluding carboxylic acids is 1. The molecule has 0 N–H and O–H groups in total. The number of aryl methyl sites for hydroxylation is 2.